The Morgan fingerprint density at radius 1 is 1.10 bits per heavy atom. The largest absolute Gasteiger partial charge is 0.493 e. The molecular formula is C21H23BrClN3O4S. The van der Waals surface area contributed by atoms with Crippen molar-refractivity contribution in [3.63, 3.8) is 0 Å². The summed E-state index contributed by atoms with van der Waals surface area (Å²) in [5, 5.41) is 2.80. The molecule has 2 aromatic carbocycles. The maximum absolute atomic E-state index is 12.5. The van der Waals surface area contributed by atoms with Crippen molar-refractivity contribution >= 4 is 56.7 Å². The van der Waals surface area contributed by atoms with Crippen LogP contribution in [0.3, 0.4) is 0 Å². The second-order valence-electron chi connectivity index (χ2n) is 6.85. The number of carbonyl (C=O) groups excluding carboxylic acids is 2. The Morgan fingerprint density at radius 2 is 1.84 bits per heavy atom. The number of carbonyl (C=O) groups is 2. The molecule has 0 aliphatic carbocycles. The molecule has 0 spiro atoms. The smallest absolute Gasteiger partial charge is 0.276 e. The van der Waals surface area contributed by atoms with Crippen LogP contribution in [0, 0.1) is 5.92 Å². The molecule has 0 aliphatic rings. The molecular weight excluding hydrogens is 506 g/mol. The molecule has 0 unspecified atom stereocenters. The lowest BCUT2D eigenvalue weighted by atomic mass is 10.1. The number of hydrogen-bond acceptors (Lipinski definition) is 5. The van der Waals surface area contributed by atoms with Gasteiger partial charge in [0.25, 0.3) is 11.8 Å². The fraction of sp³-hybridized carbons (Fsp3) is 0.286. The molecule has 2 aromatic rings. The molecule has 0 atom stereocenters. The number of hydrazine groups is 1. The van der Waals surface area contributed by atoms with E-state index in [1.807, 2.05) is 0 Å². The van der Waals surface area contributed by atoms with Gasteiger partial charge in [-0.3, -0.25) is 25.8 Å². The molecule has 0 heterocycles. The van der Waals surface area contributed by atoms with Crippen molar-refractivity contribution < 1.29 is 19.1 Å². The van der Waals surface area contributed by atoms with Crippen molar-refractivity contribution in [3.8, 4) is 11.5 Å². The van der Waals surface area contributed by atoms with Crippen molar-refractivity contribution in [1.82, 2.24) is 16.2 Å². The third-order valence-electron chi connectivity index (χ3n) is 3.88. The minimum Gasteiger partial charge on any atom is -0.493 e. The van der Waals surface area contributed by atoms with Crippen LogP contribution < -0.4 is 25.6 Å². The predicted octanol–water partition coefficient (Wildman–Crippen LogP) is 4.24. The molecule has 0 fully saturated rings. The highest BCUT2D eigenvalue weighted by molar-refractivity contribution is 9.10. The van der Waals surface area contributed by atoms with E-state index in [2.05, 4.69) is 45.9 Å². The summed E-state index contributed by atoms with van der Waals surface area (Å²) in [7, 11) is 0. The van der Waals surface area contributed by atoms with Gasteiger partial charge in [-0.1, -0.05) is 53.5 Å². The molecule has 2 rings (SSSR count). The molecule has 7 nitrogen and oxygen atoms in total. The molecule has 0 saturated carbocycles. The number of hydrogen-bond donors (Lipinski definition) is 3. The first-order valence-electron chi connectivity index (χ1n) is 9.46. The van der Waals surface area contributed by atoms with Gasteiger partial charge in [0, 0.05) is 4.47 Å². The third-order valence-corrected chi connectivity index (χ3v) is 4.87. The zero-order valence-electron chi connectivity index (χ0n) is 17.0. The Bertz CT molecular complexity index is 943. The van der Waals surface area contributed by atoms with E-state index in [4.69, 9.17) is 33.3 Å². The standard InChI is InChI=1S/C21H23BrClN3O4S/c1-13(2)9-10-29-17-6-4-3-5-15(17)20(28)24-21(31)26-25-19(27)12-30-18-8-7-14(22)11-16(18)23/h3-8,11,13H,9-10,12H2,1-2H3,(H,25,27)(H2,24,26,28,31). The van der Waals surface area contributed by atoms with Crippen LogP contribution in [0.4, 0.5) is 0 Å². The molecule has 0 saturated heterocycles. The second kappa shape index (κ2) is 12.5. The summed E-state index contributed by atoms with van der Waals surface area (Å²) in [5.41, 5.74) is 5.15. The number of nitrogens with one attached hydrogen (secondary N) is 3. The highest BCUT2D eigenvalue weighted by atomic mass is 79.9. The van der Waals surface area contributed by atoms with E-state index >= 15 is 0 Å². The normalized spacial score (nSPS) is 10.4. The van der Waals surface area contributed by atoms with Crippen molar-refractivity contribution in [2.24, 2.45) is 5.92 Å². The van der Waals surface area contributed by atoms with Gasteiger partial charge in [0.15, 0.2) is 11.7 Å². The summed E-state index contributed by atoms with van der Waals surface area (Å²) in [6.45, 7) is 4.40. The minimum atomic E-state index is -0.506. The Labute approximate surface area is 199 Å². The molecule has 31 heavy (non-hydrogen) atoms. The molecule has 2 amide bonds. The van der Waals surface area contributed by atoms with Crippen LogP contribution in [0.1, 0.15) is 30.6 Å². The predicted molar refractivity (Wildman–Crippen MR) is 127 cm³/mol. The number of halogens is 2. The minimum absolute atomic E-state index is 0.0722. The fourth-order valence-corrected chi connectivity index (χ4v) is 3.16. The molecule has 0 bridgehead atoms. The SMILES string of the molecule is CC(C)CCOc1ccccc1C(=O)NC(=S)NNC(=O)COc1ccc(Br)cc1Cl. The molecule has 3 N–H and O–H groups in total. The topological polar surface area (TPSA) is 88.7 Å². The zero-order chi connectivity index (χ0) is 22.8. The van der Waals surface area contributed by atoms with Gasteiger partial charge in [-0.25, -0.2) is 0 Å². The number of amides is 2. The first-order chi connectivity index (χ1) is 14.8. The van der Waals surface area contributed by atoms with Gasteiger partial charge >= 0.3 is 0 Å². The summed E-state index contributed by atoms with van der Waals surface area (Å²) < 4.78 is 11.9. The van der Waals surface area contributed by atoms with Gasteiger partial charge in [-0.05, 0) is 54.9 Å². The number of rotatable bonds is 8. The highest BCUT2D eigenvalue weighted by Crippen LogP contribution is 2.27. The van der Waals surface area contributed by atoms with Gasteiger partial charge in [0.2, 0.25) is 0 Å². The van der Waals surface area contributed by atoms with E-state index in [9.17, 15) is 9.59 Å². The van der Waals surface area contributed by atoms with Crippen LogP contribution in [0.15, 0.2) is 46.9 Å². The highest BCUT2D eigenvalue weighted by Gasteiger charge is 2.14. The summed E-state index contributed by atoms with van der Waals surface area (Å²) in [6, 6.07) is 11.9. The van der Waals surface area contributed by atoms with E-state index in [1.54, 1.807) is 42.5 Å². The Kier molecular flexibility index (Phi) is 10.0. The summed E-state index contributed by atoms with van der Waals surface area (Å²) in [5.74, 6) is 0.361. The van der Waals surface area contributed by atoms with E-state index in [0.29, 0.717) is 34.6 Å². The van der Waals surface area contributed by atoms with E-state index < -0.39 is 11.8 Å². The van der Waals surface area contributed by atoms with Crippen molar-refractivity contribution in [2.45, 2.75) is 20.3 Å². The first kappa shape index (κ1) is 24.9. The van der Waals surface area contributed by atoms with Gasteiger partial charge in [0.1, 0.15) is 11.5 Å². The van der Waals surface area contributed by atoms with E-state index in [0.717, 1.165) is 10.9 Å². The van der Waals surface area contributed by atoms with Crippen molar-refractivity contribution in [1.29, 1.82) is 0 Å². The summed E-state index contributed by atoms with van der Waals surface area (Å²) in [6.07, 6.45) is 0.871. The zero-order valence-corrected chi connectivity index (χ0v) is 20.2. The fourth-order valence-electron chi connectivity index (χ4n) is 2.28. The van der Waals surface area contributed by atoms with Crippen LogP contribution in [0.25, 0.3) is 0 Å². The summed E-state index contributed by atoms with van der Waals surface area (Å²) in [4.78, 5) is 24.5. The van der Waals surface area contributed by atoms with Gasteiger partial charge in [-0.2, -0.15) is 0 Å². The second-order valence-corrected chi connectivity index (χ2v) is 8.58. The maximum atomic E-state index is 12.5. The first-order valence-corrected chi connectivity index (χ1v) is 11.0. The molecule has 0 aromatic heterocycles. The number of thiocarbonyl (C=S) groups is 1. The van der Waals surface area contributed by atoms with E-state index in [-0.39, 0.29) is 11.7 Å². The average Bonchev–Trinajstić information content (AvgIpc) is 2.71. The Hall–Kier alpha value is -2.36. The lowest BCUT2D eigenvalue weighted by molar-refractivity contribution is -0.123. The average molecular weight is 529 g/mol. The maximum Gasteiger partial charge on any atom is 0.276 e. The summed E-state index contributed by atoms with van der Waals surface area (Å²) >= 11 is 14.4. The van der Waals surface area contributed by atoms with Crippen molar-refractivity contribution in [3.05, 3.63) is 57.5 Å². The molecule has 166 valence electrons. The van der Waals surface area contributed by atoms with Crippen LogP contribution in [-0.4, -0.2) is 30.1 Å². The lowest BCUT2D eigenvalue weighted by Crippen LogP contribution is -2.49. The molecule has 0 aliphatic heterocycles. The van der Waals surface area contributed by atoms with Gasteiger partial charge in [0.05, 0.1) is 17.2 Å². The van der Waals surface area contributed by atoms with Gasteiger partial charge < -0.3 is 9.47 Å². The van der Waals surface area contributed by atoms with Gasteiger partial charge in [-0.15, -0.1) is 0 Å². The van der Waals surface area contributed by atoms with Crippen molar-refractivity contribution in [2.75, 3.05) is 13.2 Å². The van der Waals surface area contributed by atoms with Crippen LogP contribution in [0.5, 0.6) is 11.5 Å². The third kappa shape index (κ3) is 8.72. The Balaban J connectivity index is 1.80. The lowest BCUT2D eigenvalue weighted by Gasteiger charge is -2.14. The van der Waals surface area contributed by atoms with Crippen LogP contribution >= 0.6 is 39.7 Å². The van der Waals surface area contributed by atoms with Crippen LogP contribution in [-0.2, 0) is 4.79 Å². The number of benzene rings is 2. The number of ether oxygens (including phenoxy) is 2. The van der Waals surface area contributed by atoms with E-state index in [1.165, 1.54) is 0 Å². The number of para-hydroxylation sites is 1. The van der Waals surface area contributed by atoms with Crippen LogP contribution in [0.2, 0.25) is 5.02 Å². The molecule has 10 heteroatoms. The quantitative estimate of drug-likeness (QED) is 0.351. The molecule has 0 radical (unpaired) electrons. The Morgan fingerprint density at radius 3 is 2.55 bits per heavy atom. The monoisotopic (exact) mass is 527 g/mol.